The smallest absolute Gasteiger partial charge is 0.323 e. The Bertz CT molecular complexity index is 312. The molecule has 1 aromatic heterocycles. The van der Waals surface area contributed by atoms with E-state index in [2.05, 4.69) is 4.90 Å². The van der Waals surface area contributed by atoms with Gasteiger partial charge in [0.15, 0.2) is 0 Å². The number of carbonyl (C=O) groups excluding carboxylic acids is 1. The SMILES string of the molecule is COC(=O)C(SCCN(C)C)c1ccsc1. The van der Waals surface area contributed by atoms with Gasteiger partial charge in [0.1, 0.15) is 5.25 Å². The molecule has 0 bridgehead atoms. The van der Waals surface area contributed by atoms with Crippen LogP contribution in [-0.2, 0) is 9.53 Å². The van der Waals surface area contributed by atoms with Gasteiger partial charge in [-0.3, -0.25) is 4.79 Å². The predicted octanol–water partition coefficient (Wildman–Crippen LogP) is 2.26. The van der Waals surface area contributed by atoms with Gasteiger partial charge in [0.2, 0.25) is 0 Å². The minimum atomic E-state index is -0.184. The highest BCUT2D eigenvalue weighted by Gasteiger charge is 2.21. The summed E-state index contributed by atoms with van der Waals surface area (Å²) in [6, 6.07) is 1.98. The number of hydrogen-bond acceptors (Lipinski definition) is 5. The van der Waals surface area contributed by atoms with Crippen molar-refractivity contribution in [3.63, 3.8) is 0 Å². The summed E-state index contributed by atoms with van der Waals surface area (Å²) in [4.78, 5) is 13.7. The van der Waals surface area contributed by atoms with Gasteiger partial charge in [-0.1, -0.05) is 0 Å². The van der Waals surface area contributed by atoms with E-state index in [4.69, 9.17) is 4.74 Å². The second-order valence-corrected chi connectivity index (χ2v) is 5.63. The molecule has 0 saturated heterocycles. The molecule has 0 fully saturated rings. The van der Waals surface area contributed by atoms with Gasteiger partial charge in [0.25, 0.3) is 0 Å². The average molecular weight is 259 g/mol. The Morgan fingerprint density at radius 1 is 1.62 bits per heavy atom. The van der Waals surface area contributed by atoms with Gasteiger partial charge < -0.3 is 9.64 Å². The first-order valence-electron chi connectivity index (χ1n) is 5.01. The number of rotatable bonds is 6. The van der Waals surface area contributed by atoms with E-state index in [1.165, 1.54) is 7.11 Å². The summed E-state index contributed by atoms with van der Waals surface area (Å²) in [6.07, 6.45) is 0. The summed E-state index contributed by atoms with van der Waals surface area (Å²) in [5.41, 5.74) is 1.04. The first-order valence-corrected chi connectivity index (χ1v) is 7.00. The van der Waals surface area contributed by atoms with E-state index in [9.17, 15) is 4.79 Å². The third-order valence-corrected chi connectivity index (χ3v) is 4.00. The van der Waals surface area contributed by atoms with Crippen molar-refractivity contribution in [2.45, 2.75) is 5.25 Å². The number of nitrogens with zero attached hydrogens (tertiary/aromatic N) is 1. The third kappa shape index (κ3) is 4.15. The predicted molar refractivity (Wildman–Crippen MR) is 70.1 cm³/mol. The molecule has 90 valence electrons. The van der Waals surface area contributed by atoms with Crippen molar-refractivity contribution in [3.8, 4) is 0 Å². The number of hydrogen-bond donors (Lipinski definition) is 0. The molecule has 0 amide bonds. The molecule has 0 aliphatic rings. The highest BCUT2D eigenvalue weighted by molar-refractivity contribution is 8.00. The number of esters is 1. The lowest BCUT2D eigenvalue weighted by Crippen LogP contribution is -2.17. The minimum Gasteiger partial charge on any atom is -0.468 e. The van der Waals surface area contributed by atoms with Gasteiger partial charge in [0.05, 0.1) is 7.11 Å². The minimum absolute atomic E-state index is 0.165. The molecule has 1 aromatic rings. The molecule has 0 radical (unpaired) electrons. The van der Waals surface area contributed by atoms with E-state index >= 15 is 0 Å². The summed E-state index contributed by atoms with van der Waals surface area (Å²) < 4.78 is 4.82. The van der Waals surface area contributed by atoms with E-state index < -0.39 is 0 Å². The summed E-state index contributed by atoms with van der Waals surface area (Å²) in [5.74, 6) is 0.755. The fraction of sp³-hybridized carbons (Fsp3) is 0.545. The zero-order valence-corrected chi connectivity index (χ0v) is 11.4. The molecule has 1 rings (SSSR count). The molecule has 3 nitrogen and oxygen atoms in total. The molecule has 0 aliphatic carbocycles. The van der Waals surface area contributed by atoms with Crippen molar-refractivity contribution in [1.82, 2.24) is 4.90 Å². The summed E-state index contributed by atoms with van der Waals surface area (Å²) in [5, 5.41) is 3.80. The van der Waals surface area contributed by atoms with Crippen LogP contribution in [-0.4, -0.2) is 44.4 Å². The number of carbonyl (C=O) groups is 1. The molecule has 1 unspecified atom stereocenters. The van der Waals surface area contributed by atoms with E-state index in [1.54, 1.807) is 23.1 Å². The average Bonchev–Trinajstić information content (AvgIpc) is 2.76. The van der Waals surface area contributed by atoms with Crippen LogP contribution < -0.4 is 0 Å². The van der Waals surface area contributed by atoms with Gasteiger partial charge in [-0.25, -0.2) is 0 Å². The van der Waals surface area contributed by atoms with Crippen LogP contribution in [0.4, 0.5) is 0 Å². The maximum absolute atomic E-state index is 11.6. The van der Waals surface area contributed by atoms with Gasteiger partial charge in [-0.2, -0.15) is 11.3 Å². The second kappa shape index (κ2) is 6.93. The molecule has 0 spiro atoms. The Labute approximate surface area is 105 Å². The zero-order valence-electron chi connectivity index (χ0n) is 9.80. The summed E-state index contributed by atoms with van der Waals surface area (Å²) in [7, 11) is 5.49. The maximum atomic E-state index is 11.6. The molecule has 1 heterocycles. The van der Waals surface area contributed by atoms with Crippen LogP contribution in [0, 0.1) is 0 Å². The first kappa shape index (κ1) is 13.5. The lowest BCUT2D eigenvalue weighted by molar-refractivity contribution is -0.140. The Kier molecular flexibility index (Phi) is 5.87. The lowest BCUT2D eigenvalue weighted by atomic mass is 10.2. The standard InChI is InChI=1S/C11H17NO2S2/c1-12(2)5-7-16-10(11(13)14-3)9-4-6-15-8-9/h4,6,8,10H,5,7H2,1-3H3. The topological polar surface area (TPSA) is 29.5 Å². The van der Waals surface area contributed by atoms with Crippen molar-refractivity contribution in [2.75, 3.05) is 33.5 Å². The summed E-state index contributed by atoms with van der Waals surface area (Å²) in [6.45, 7) is 0.961. The zero-order chi connectivity index (χ0) is 12.0. The molecule has 5 heteroatoms. The molecule has 0 saturated carbocycles. The van der Waals surface area contributed by atoms with Crippen molar-refractivity contribution < 1.29 is 9.53 Å². The first-order chi connectivity index (χ1) is 7.65. The summed E-state index contributed by atoms with van der Waals surface area (Å²) >= 11 is 3.23. The Balaban J connectivity index is 2.55. The maximum Gasteiger partial charge on any atom is 0.323 e. The van der Waals surface area contributed by atoms with Gasteiger partial charge in [-0.15, -0.1) is 11.8 Å². The van der Waals surface area contributed by atoms with E-state index in [1.807, 2.05) is 30.9 Å². The second-order valence-electron chi connectivity index (χ2n) is 3.63. The van der Waals surface area contributed by atoms with Crippen molar-refractivity contribution in [3.05, 3.63) is 22.4 Å². The highest BCUT2D eigenvalue weighted by Crippen LogP contribution is 2.31. The van der Waals surface area contributed by atoms with Gasteiger partial charge >= 0.3 is 5.97 Å². The third-order valence-electron chi connectivity index (χ3n) is 2.08. The molecule has 0 aliphatic heterocycles. The normalized spacial score (nSPS) is 12.8. The lowest BCUT2D eigenvalue weighted by Gasteiger charge is -2.15. The molecule has 16 heavy (non-hydrogen) atoms. The van der Waals surface area contributed by atoms with Crippen LogP contribution in [0.5, 0.6) is 0 Å². The van der Waals surface area contributed by atoms with Crippen LogP contribution in [0.1, 0.15) is 10.8 Å². The van der Waals surface area contributed by atoms with Crippen LogP contribution >= 0.6 is 23.1 Å². The largest absolute Gasteiger partial charge is 0.468 e. The van der Waals surface area contributed by atoms with Crippen molar-refractivity contribution in [1.29, 1.82) is 0 Å². The molecular weight excluding hydrogens is 242 g/mol. The van der Waals surface area contributed by atoms with Crippen LogP contribution in [0.15, 0.2) is 16.8 Å². The van der Waals surface area contributed by atoms with Crippen molar-refractivity contribution >= 4 is 29.1 Å². The quantitative estimate of drug-likeness (QED) is 0.733. The Morgan fingerprint density at radius 3 is 2.88 bits per heavy atom. The van der Waals surface area contributed by atoms with Crippen molar-refractivity contribution in [2.24, 2.45) is 0 Å². The van der Waals surface area contributed by atoms with Crippen LogP contribution in [0.3, 0.4) is 0 Å². The van der Waals surface area contributed by atoms with Crippen LogP contribution in [0.2, 0.25) is 0 Å². The molecule has 0 N–H and O–H groups in total. The van der Waals surface area contributed by atoms with E-state index in [0.29, 0.717) is 0 Å². The van der Waals surface area contributed by atoms with E-state index in [0.717, 1.165) is 17.9 Å². The Morgan fingerprint density at radius 2 is 2.38 bits per heavy atom. The fourth-order valence-electron chi connectivity index (χ4n) is 1.18. The van der Waals surface area contributed by atoms with E-state index in [-0.39, 0.29) is 11.2 Å². The fourth-order valence-corrected chi connectivity index (χ4v) is 3.23. The highest BCUT2D eigenvalue weighted by atomic mass is 32.2. The number of thioether (sulfide) groups is 1. The number of methoxy groups -OCH3 is 1. The molecular formula is C11H17NO2S2. The monoisotopic (exact) mass is 259 g/mol. The van der Waals surface area contributed by atoms with Gasteiger partial charge in [0, 0.05) is 12.3 Å². The van der Waals surface area contributed by atoms with Gasteiger partial charge in [-0.05, 0) is 36.5 Å². The van der Waals surface area contributed by atoms with Crippen LogP contribution in [0.25, 0.3) is 0 Å². The Hall–Kier alpha value is -0.520. The molecule has 0 aromatic carbocycles. The number of thiophene rings is 1. The number of ether oxygens (including phenoxy) is 1. The molecule has 1 atom stereocenters.